The van der Waals surface area contributed by atoms with Crippen LogP contribution in [0.15, 0.2) is 42.5 Å². The first-order valence-electron chi connectivity index (χ1n) is 6.56. The molecule has 2 aromatic carbocycles. The van der Waals surface area contributed by atoms with Crippen molar-refractivity contribution in [2.75, 3.05) is 13.7 Å². The third-order valence-corrected chi connectivity index (χ3v) is 2.93. The molecule has 22 heavy (non-hydrogen) atoms. The SMILES string of the molecule is COc1ccccc1CNC(=O)COc1ccc(F)c(F)c1. The van der Waals surface area contributed by atoms with E-state index < -0.39 is 11.6 Å². The quantitative estimate of drug-likeness (QED) is 0.892. The minimum absolute atomic E-state index is 0.0892. The predicted molar refractivity (Wildman–Crippen MR) is 76.7 cm³/mol. The van der Waals surface area contributed by atoms with Gasteiger partial charge in [-0.2, -0.15) is 0 Å². The second-order valence-electron chi connectivity index (χ2n) is 4.45. The van der Waals surface area contributed by atoms with Crippen LogP contribution in [0.25, 0.3) is 0 Å². The Bertz CT molecular complexity index is 662. The molecule has 2 aromatic rings. The Hall–Kier alpha value is -2.63. The Labute approximate surface area is 126 Å². The average molecular weight is 307 g/mol. The van der Waals surface area contributed by atoms with Gasteiger partial charge >= 0.3 is 0 Å². The van der Waals surface area contributed by atoms with E-state index in [-0.39, 0.29) is 24.8 Å². The van der Waals surface area contributed by atoms with Crippen molar-refractivity contribution in [2.24, 2.45) is 0 Å². The summed E-state index contributed by atoms with van der Waals surface area (Å²) in [5, 5.41) is 2.66. The van der Waals surface area contributed by atoms with Gasteiger partial charge in [-0.3, -0.25) is 4.79 Å². The normalized spacial score (nSPS) is 10.1. The molecule has 4 nitrogen and oxygen atoms in total. The number of carbonyl (C=O) groups excluding carboxylic acids is 1. The minimum atomic E-state index is -1.02. The van der Waals surface area contributed by atoms with Crippen molar-refractivity contribution in [3.05, 3.63) is 59.7 Å². The van der Waals surface area contributed by atoms with Crippen molar-refractivity contribution >= 4 is 5.91 Å². The van der Waals surface area contributed by atoms with Gasteiger partial charge in [-0.15, -0.1) is 0 Å². The van der Waals surface area contributed by atoms with Gasteiger partial charge in [0.1, 0.15) is 11.5 Å². The lowest BCUT2D eigenvalue weighted by atomic mass is 10.2. The molecule has 0 unspecified atom stereocenters. The van der Waals surface area contributed by atoms with Crippen LogP contribution >= 0.6 is 0 Å². The number of para-hydroxylation sites is 1. The summed E-state index contributed by atoms with van der Waals surface area (Å²) >= 11 is 0. The molecule has 1 amide bonds. The van der Waals surface area contributed by atoms with Gasteiger partial charge < -0.3 is 14.8 Å². The topological polar surface area (TPSA) is 47.6 Å². The lowest BCUT2D eigenvalue weighted by Gasteiger charge is -2.10. The summed E-state index contributed by atoms with van der Waals surface area (Å²) in [5.74, 6) is -1.61. The number of hydrogen-bond acceptors (Lipinski definition) is 3. The van der Waals surface area contributed by atoms with E-state index in [1.165, 1.54) is 6.07 Å². The second-order valence-corrected chi connectivity index (χ2v) is 4.45. The Morgan fingerprint density at radius 3 is 2.64 bits per heavy atom. The molecular formula is C16H15F2NO3. The smallest absolute Gasteiger partial charge is 0.258 e. The van der Waals surface area contributed by atoms with E-state index in [4.69, 9.17) is 9.47 Å². The molecule has 1 N–H and O–H groups in total. The number of hydrogen-bond donors (Lipinski definition) is 1. The van der Waals surface area contributed by atoms with Crippen LogP contribution in [-0.2, 0) is 11.3 Å². The van der Waals surface area contributed by atoms with E-state index >= 15 is 0 Å². The molecule has 0 saturated heterocycles. The monoisotopic (exact) mass is 307 g/mol. The molecule has 0 aromatic heterocycles. The van der Waals surface area contributed by atoms with Crippen LogP contribution in [0.2, 0.25) is 0 Å². The van der Waals surface area contributed by atoms with Crippen molar-refractivity contribution in [3.8, 4) is 11.5 Å². The second kappa shape index (κ2) is 7.40. The molecule has 0 aliphatic rings. The highest BCUT2D eigenvalue weighted by molar-refractivity contribution is 5.77. The molecule has 2 rings (SSSR count). The number of halogens is 2. The summed E-state index contributed by atoms with van der Waals surface area (Å²) in [6.45, 7) is -0.00972. The number of benzene rings is 2. The zero-order valence-corrected chi connectivity index (χ0v) is 11.9. The maximum Gasteiger partial charge on any atom is 0.258 e. The van der Waals surface area contributed by atoms with E-state index in [1.807, 2.05) is 18.2 Å². The summed E-state index contributed by atoms with van der Waals surface area (Å²) in [7, 11) is 1.55. The number of amides is 1. The largest absolute Gasteiger partial charge is 0.496 e. The van der Waals surface area contributed by atoms with Crippen molar-refractivity contribution in [1.82, 2.24) is 5.32 Å². The van der Waals surface area contributed by atoms with Gasteiger partial charge in [0.2, 0.25) is 0 Å². The summed E-state index contributed by atoms with van der Waals surface area (Å²) < 4.78 is 36.0. The van der Waals surface area contributed by atoms with Crippen molar-refractivity contribution in [2.45, 2.75) is 6.54 Å². The fraction of sp³-hybridized carbons (Fsp3) is 0.188. The Morgan fingerprint density at radius 1 is 1.14 bits per heavy atom. The zero-order chi connectivity index (χ0) is 15.9. The molecule has 0 fully saturated rings. The summed E-state index contributed by atoms with van der Waals surface area (Å²) in [4.78, 5) is 11.7. The highest BCUT2D eigenvalue weighted by Gasteiger charge is 2.07. The fourth-order valence-corrected chi connectivity index (χ4v) is 1.81. The Balaban J connectivity index is 1.84. The molecule has 0 bridgehead atoms. The van der Waals surface area contributed by atoms with E-state index in [0.29, 0.717) is 5.75 Å². The number of nitrogens with one attached hydrogen (secondary N) is 1. The molecule has 0 saturated carbocycles. The molecule has 0 aliphatic heterocycles. The van der Waals surface area contributed by atoms with Crippen LogP contribution in [0, 0.1) is 11.6 Å². The lowest BCUT2D eigenvalue weighted by Crippen LogP contribution is -2.28. The van der Waals surface area contributed by atoms with Gasteiger partial charge in [-0.25, -0.2) is 8.78 Å². The Morgan fingerprint density at radius 2 is 1.91 bits per heavy atom. The van der Waals surface area contributed by atoms with Crippen LogP contribution in [0.4, 0.5) is 8.78 Å². The maximum atomic E-state index is 13.0. The van der Waals surface area contributed by atoms with Gasteiger partial charge in [-0.05, 0) is 18.2 Å². The molecule has 0 radical (unpaired) electrons. The van der Waals surface area contributed by atoms with Crippen LogP contribution in [0.5, 0.6) is 11.5 Å². The van der Waals surface area contributed by atoms with Gasteiger partial charge in [0.15, 0.2) is 18.2 Å². The Kier molecular flexibility index (Phi) is 5.30. The highest BCUT2D eigenvalue weighted by Crippen LogP contribution is 2.17. The van der Waals surface area contributed by atoms with E-state index in [2.05, 4.69) is 5.32 Å². The summed E-state index contributed by atoms with van der Waals surface area (Å²) in [5.41, 5.74) is 0.825. The van der Waals surface area contributed by atoms with Crippen LogP contribution in [0.3, 0.4) is 0 Å². The third kappa shape index (κ3) is 4.18. The molecular weight excluding hydrogens is 292 g/mol. The van der Waals surface area contributed by atoms with Crippen molar-refractivity contribution in [1.29, 1.82) is 0 Å². The summed E-state index contributed by atoms with van der Waals surface area (Å²) in [6, 6.07) is 10.4. The molecule has 0 spiro atoms. The first-order chi connectivity index (χ1) is 10.6. The summed E-state index contributed by atoms with van der Waals surface area (Å²) in [6.07, 6.45) is 0. The van der Waals surface area contributed by atoms with Gasteiger partial charge in [-0.1, -0.05) is 18.2 Å². The fourth-order valence-electron chi connectivity index (χ4n) is 1.81. The van der Waals surface area contributed by atoms with Crippen LogP contribution in [0.1, 0.15) is 5.56 Å². The average Bonchev–Trinajstić information content (AvgIpc) is 2.54. The zero-order valence-electron chi connectivity index (χ0n) is 11.9. The van der Waals surface area contributed by atoms with Crippen molar-refractivity contribution in [3.63, 3.8) is 0 Å². The minimum Gasteiger partial charge on any atom is -0.496 e. The molecule has 0 atom stereocenters. The molecule has 116 valence electrons. The molecule has 6 heteroatoms. The number of methoxy groups -OCH3 is 1. The third-order valence-electron chi connectivity index (χ3n) is 2.93. The highest BCUT2D eigenvalue weighted by atomic mass is 19.2. The van der Waals surface area contributed by atoms with Crippen molar-refractivity contribution < 1.29 is 23.0 Å². The lowest BCUT2D eigenvalue weighted by molar-refractivity contribution is -0.123. The van der Waals surface area contributed by atoms with Crippen LogP contribution in [-0.4, -0.2) is 19.6 Å². The standard InChI is InChI=1S/C16H15F2NO3/c1-21-15-5-3-2-4-11(15)9-19-16(20)10-22-12-6-7-13(17)14(18)8-12/h2-8H,9-10H2,1H3,(H,19,20). The van der Waals surface area contributed by atoms with Gasteiger partial charge in [0, 0.05) is 18.2 Å². The number of ether oxygens (including phenoxy) is 2. The molecule has 0 aliphatic carbocycles. The molecule has 0 heterocycles. The first kappa shape index (κ1) is 15.8. The van der Waals surface area contributed by atoms with E-state index in [0.717, 1.165) is 17.7 Å². The first-order valence-corrected chi connectivity index (χ1v) is 6.56. The number of carbonyl (C=O) groups is 1. The predicted octanol–water partition coefficient (Wildman–Crippen LogP) is 2.67. The van der Waals surface area contributed by atoms with E-state index in [9.17, 15) is 13.6 Å². The van der Waals surface area contributed by atoms with Gasteiger partial charge in [0.05, 0.1) is 7.11 Å². The van der Waals surface area contributed by atoms with Crippen LogP contribution < -0.4 is 14.8 Å². The maximum absolute atomic E-state index is 13.0. The van der Waals surface area contributed by atoms with E-state index in [1.54, 1.807) is 13.2 Å². The number of rotatable bonds is 6. The van der Waals surface area contributed by atoms with Gasteiger partial charge in [0.25, 0.3) is 5.91 Å².